The molecule has 430 valence electrons. The first kappa shape index (κ1) is 71.8. The van der Waals surface area contributed by atoms with Crippen LogP contribution in [0, 0.1) is 0 Å². The van der Waals surface area contributed by atoms with Crippen LogP contribution >= 0.6 is 0 Å². The SMILES string of the molecule is CC/C=C\C/C=C\C/C=C\C/C=C\C/C=C\CCCCCCCCCC(=O)OCC(COC(=O)C/C=C\C/C=C\C/C=C\C/C=C\C/C=C\CC)OC(=O)CCCCCCCCCC/C=C\C/C=C\C/C=C\C/C=C\CC. The minimum atomic E-state index is -0.838. The highest BCUT2D eigenvalue weighted by Crippen LogP contribution is 2.14. The molecule has 0 rings (SSSR count). The number of esters is 3. The third kappa shape index (κ3) is 61.5. The lowest BCUT2D eigenvalue weighted by Gasteiger charge is -2.18. The molecule has 6 nitrogen and oxygen atoms in total. The number of hydrogen-bond donors (Lipinski definition) is 0. The van der Waals surface area contributed by atoms with Gasteiger partial charge in [0.1, 0.15) is 13.2 Å². The third-order valence-corrected chi connectivity index (χ3v) is 12.2. The Balaban J connectivity index is 4.52. The predicted molar refractivity (Wildman–Crippen MR) is 334 cm³/mol. The Morgan fingerprint density at radius 3 is 0.844 bits per heavy atom. The number of rotatable bonds is 53. The van der Waals surface area contributed by atoms with Crippen molar-refractivity contribution in [3.63, 3.8) is 0 Å². The minimum Gasteiger partial charge on any atom is -0.462 e. The van der Waals surface area contributed by atoms with Crippen molar-refractivity contribution in [2.24, 2.45) is 0 Å². The van der Waals surface area contributed by atoms with Crippen molar-refractivity contribution in [3.05, 3.63) is 170 Å². The van der Waals surface area contributed by atoms with Gasteiger partial charge in [0.2, 0.25) is 0 Å². The maximum Gasteiger partial charge on any atom is 0.309 e. The van der Waals surface area contributed by atoms with E-state index in [1.165, 1.54) is 44.9 Å². The Morgan fingerprint density at radius 1 is 0.273 bits per heavy atom. The van der Waals surface area contributed by atoms with Gasteiger partial charge in [0.25, 0.3) is 0 Å². The van der Waals surface area contributed by atoms with Crippen molar-refractivity contribution in [2.75, 3.05) is 13.2 Å². The molecule has 0 radical (unpaired) electrons. The van der Waals surface area contributed by atoms with Crippen LogP contribution in [0.25, 0.3) is 0 Å². The molecule has 0 amide bonds. The van der Waals surface area contributed by atoms with Crippen molar-refractivity contribution in [1.29, 1.82) is 0 Å². The molecular formula is C71H110O6. The van der Waals surface area contributed by atoms with Gasteiger partial charge in [-0.2, -0.15) is 0 Å². The Hall–Kier alpha value is -5.23. The second kappa shape index (κ2) is 63.3. The summed E-state index contributed by atoms with van der Waals surface area (Å²) in [6.45, 7) is 6.19. The fourth-order valence-electron chi connectivity index (χ4n) is 7.77. The summed E-state index contributed by atoms with van der Waals surface area (Å²) in [4.78, 5) is 38.2. The van der Waals surface area contributed by atoms with Crippen molar-refractivity contribution >= 4 is 17.9 Å². The number of hydrogen-bond acceptors (Lipinski definition) is 6. The van der Waals surface area contributed by atoms with E-state index in [1.807, 2.05) is 6.08 Å². The summed E-state index contributed by atoms with van der Waals surface area (Å²) in [7, 11) is 0. The molecule has 0 aromatic carbocycles. The van der Waals surface area contributed by atoms with E-state index in [9.17, 15) is 14.4 Å². The fourth-order valence-corrected chi connectivity index (χ4v) is 7.77. The molecule has 0 heterocycles. The van der Waals surface area contributed by atoms with Crippen molar-refractivity contribution < 1.29 is 28.6 Å². The summed E-state index contributed by atoms with van der Waals surface area (Å²) < 4.78 is 16.8. The van der Waals surface area contributed by atoms with E-state index in [2.05, 4.69) is 179 Å². The predicted octanol–water partition coefficient (Wildman–Crippen LogP) is 21.1. The van der Waals surface area contributed by atoms with Gasteiger partial charge in [-0.1, -0.05) is 262 Å². The molecule has 1 atom stereocenters. The quantitative estimate of drug-likeness (QED) is 0.0261. The van der Waals surface area contributed by atoms with Gasteiger partial charge in [-0.3, -0.25) is 14.4 Å². The lowest BCUT2D eigenvalue weighted by molar-refractivity contribution is -0.166. The first-order valence-electron chi connectivity index (χ1n) is 30.6. The summed E-state index contributed by atoms with van der Waals surface area (Å²) in [5.41, 5.74) is 0. The zero-order valence-electron chi connectivity index (χ0n) is 49.1. The van der Waals surface area contributed by atoms with E-state index in [0.29, 0.717) is 6.42 Å². The van der Waals surface area contributed by atoms with Crippen LogP contribution in [0.2, 0.25) is 0 Å². The van der Waals surface area contributed by atoms with E-state index in [-0.39, 0.29) is 38.0 Å². The van der Waals surface area contributed by atoms with Gasteiger partial charge in [-0.15, -0.1) is 0 Å². The molecule has 1 unspecified atom stereocenters. The summed E-state index contributed by atoms with van der Waals surface area (Å²) in [6.07, 6.45) is 93.7. The lowest BCUT2D eigenvalue weighted by Crippen LogP contribution is -2.30. The minimum absolute atomic E-state index is 0.115. The van der Waals surface area contributed by atoms with Crippen molar-refractivity contribution in [1.82, 2.24) is 0 Å². The third-order valence-electron chi connectivity index (χ3n) is 12.2. The standard InChI is InChI=1S/C71H110O6/c1-4-7-10-13-16-19-22-25-28-30-32-34-35-37-38-40-43-46-49-52-55-58-61-64-70(73)76-67-68(66-75-69(72)63-60-57-54-51-48-45-42-27-24-21-18-15-12-9-6-3)77-71(74)65-62-59-56-53-50-47-44-41-39-36-33-31-29-26-23-20-17-14-11-8-5-2/h7-12,16-21,25-29,32-34,36-38,42,48,51,57,60,68H,4-6,13-15,22-24,30-31,35,39-41,43-47,49-50,52-56,58-59,61-67H2,1-3H3/b10-7-,11-8-,12-9-,19-16-,20-17-,21-18-,28-25-,29-26-,34-32-,36-33-,38-37-,42-27-,51-48-,60-57-. The molecule has 0 aliphatic heterocycles. The molecule has 0 saturated carbocycles. The Bertz CT molecular complexity index is 1790. The summed E-state index contributed by atoms with van der Waals surface area (Å²) >= 11 is 0. The van der Waals surface area contributed by atoms with Crippen molar-refractivity contribution in [2.45, 2.75) is 245 Å². The molecule has 0 aromatic heterocycles. The number of carbonyl (C=O) groups excluding carboxylic acids is 3. The molecular weight excluding hydrogens is 949 g/mol. The molecule has 0 N–H and O–H groups in total. The fraction of sp³-hybridized carbons (Fsp3) is 0.563. The molecule has 0 aliphatic carbocycles. The number of unbranched alkanes of at least 4 members (excludes halogenated alkanes) is 15. The number of ether oxygens (including phenoxy) is 3. The maximum absolute atomic E-state index is 12.9. The van der Waals surface area contributed by atoms with E-state index in [4.69, 9.17) is 14.2 Å². The zero-order valence-corrected chi connectivity index (χ0v) is 49.1. The van der Waals surface area contributed by atoms with E-state index < -0.39 is 12.1 Å². The van der Waals surface area contributed by atoms with Crippen LogP contribution < -0.4 is 0 Å². The Morgan fingerprint density at radius 2 is 0.519 bits per heavy atom. The monoisotopic (exact) mass is 1060 g/mol. The topological polar surface area (TPSA) is 78.9 Å². The highest BCUT2D eigenvalue weighted by molar-refractivity contribution is 5.72. The van der Waals surface area contributed by atoms with Gasteiger partial charge in [0.05, 0.1) is 6.42 Å². The maximum atomic E-state index is 12.9. The van der Waals surface area contributed by atoms with Gasteiger partial charge in [-0.05, 0) is 128 Å². The van der Waals surface area contributed by atoms with Gasteiger partial charge in [0, 0.05) is 12.8 Å². The second-order valence-corrected chi connectivity index (χ2v) is 19.5. The van der Waals surface area contributed by atoms with Crippen LogP contribution in [-0.4, -0.2) is 37.2 Å². The Labute approximate surface area is 472 Å². The molecule has 0 aromatic rings. The van der Waals surface area contributed by atoms with Crippen LogP contribution in [0.3, 0.4) is 0 Å². The number of allylic oxidation sites excluding steroid dienone is 27. The van der Waals surface area contributed by atoms with Crippen LogP contribution in [0.1, 0.15) is 239 Å². The van der Waals surface area contributed by atoms with Crippen LogP contribution in [0.15, 0.2) is 170 Å². The van der Waals surface area contributed by atoms with Crippen LogP contribution in [-0.2, 0) is 28.6 Å². The van der Waals surface area contributed by atoms with E-state index >= 15 is 0 Å². The van der Waals surface area contributed by atoms with E-state index in [0.717, 1.165) is 154 Å². The largest absolute Gasteiger partial charge is 0.462 e. The molecule has 0 bridgehead atoms. The van der Waals surface area contributed by atoms with Gasteiger partial charge >= 0.3 is 17.9 Å². The number of carbonyl (C=O) groups is 3. The smallest absolute Gasteiger partial charge is 0.309 e. The van der Waals surface area contributed by atoms with Gasteiger partial charge < -0.3 is 14.2 Å². The van der Waals surface area contributed by atoms with Gasteiger partial charge in [-0.25, -0.2) is 0 Å². The first-order chi connectivity index (χ1) is 38.0. The average molecular weight is 1060 g/mol. The molecule has 77 heavy (non-hydrogen) atoms. The highest BCUT2D eigenvalue weighted by Gasteiger charge is 2.19. The lowest BCUT2D eigenvalue weighted by atomic mass is 10.1. The van der Waals surface area contributed by atoms with Crippen LogP contribution in [0.4, 0.5) is 0 Å². The molecule has 6 heteroatoms. The Kier molecular flexibility index (Phi) is 59.0. The van der Waals surface area contributed by atoms with Crippen molar-refractivity contribution in [3.8, 4) is 0 Å². The summed E-state index contributed by atoms with van der Waals surface area (Å²) in [5.74, 6) is -1.08. The normalized spacial score (nSPS) is 13.3. The summed E-state index contributed by atoms with van der Waals surface area (Å²) in [6, 6.07) is 0. The summed E-state index contributed by atoms with van der Waals surface area (Å²) in [5, 5.41) is 0. The van der Waals surface area contributed by atoms with E-state index in [1.54, 1.807) is 6.08 Å². The molecule has 0 spiro atoms. The van der Waals surface area contributed by atoms with Gasteiger partial charge in [0.15, 0.2) is 6.10 Å². The molecule has 0 saturated heterocycles. The molecule has 0 fully saturated rings. The van der Waals surface area contributed by atoms with Crippen LogP contribution in [0.5, 0.6) is 0 Å². The molecule has 0 aliphatic rings. The zero-order chi connectivity index (χ0) is 55.7. The first-order valence-corrected chi connectivity index (χ1v) is 30.6. The highest BCUT2D eigenvalue weighted by atomic mass is 16.6. The second-order valence-electron chi connectivity index (χ2n) is 19.5. The average Bonchev–Trinajstić information content (AvgIpc) is 3.43.